The summed E-state index contributed by atoms with van der Waals surface area (Å²) >= 11 is 0. The number of sulfonamides is 1. The Balaban J connectivity index is 1.73. The number of nitrogens with zero attached hydrogens (tertiary/aromatic N) is 2. The molecule has 0 N–H and O–H groups in total. The number of rotatable bonds is 5. The van der Waals surface area contributed by atoms with E-state index in [4.69, 9.17) is 4.74 Å². The lowest BCUT2D eigenvalue weighted by atomic mass is 10.2. The van der Waals surface area contributed by atoms with E-state index < -0.39 is 10.0 Å². The molecule has 6 nitrogen and oxygen atoms in total. The third-order valence-electron chi connectivity index (χ3n) is 4.41. The van der Waals surface area contributed by atoms with Crippen LogP contribution in [0.25, 0.3) is 0 Å². The highest BCUT2D eigenvalue weighted by molar-refractivity contribution is 7.89. The van der Waals surface area contributed by atoms with Gasteiger partial charge in [-0.15, -0.1) is 0 Å². The normalized spacial score (nSPS) is 22.3. The van der Waals surface area contributed by atoms with Crippen LogP contribution in [0, 0.1) is 0 Å². The summed E-state index contributed by atoms with van der Waals surface area (Å²) in [4.78, 5) is 13.7. The Kier molecular flexibility index (Phi) is 4.70. The van der Waals surface area contributed by atoms with Gasteiger partial charge in [0.05, 0.1) is 11.0 Å². The van der Waals surface area contributed by atoms with Crippen molar-refractivity contribution in [2.75, 3.05) is 31.6 Å². The van der Waals surface area contributed by atoms with Gasteiger partial charge in [0.1, 0.15) is 0 Å². The molecular weight excluding hydrogens is 316 g/mol. The van der Waals surface area contributed by atoms with E-state index in [1.807, 2.05) is 0 Å². The maximum absolute atomic E-state index is 12.6. The molecule has 1 unspecified atom stereocenters. The molecule has 0 aromatic heterocycles. The van der Waals surface area contributed by atoms with E-state index in [0.717, 1.165) is 24.9 Å². The zero-order valence-electron chi connectivity index (χ0n) is 13.3. The first kappa shape index (κ1) is 16.4. The van der Waals surface area contributed by atoms with Gasteiger partial charge in [-0.2, -0.15) is 4.31 Å². The number of hydrogen-bond donors (Lipinski definition) is 0. The van der Waals surface area contributed by atoms with Gasteiger partial charge in [-0.25, -0.2) is 8.42 Å². The maximum Gasteiger partial charge on any atom is 0.242 e. The molecule has 0 aliphatic carbocycles. The zero-order chi connectivity index (χ0) is 16.4. The average Bonchev–Trinajstić information content (AvgIpc) is 3.19. The predicted octanol–water partition coefficient (Wildman–Crippen LogP) is 1.61. The molecule has 23 heavy (non-hydrogen) atoms. The molecule has 2 saturated heterocycles. The number of carbonyl (C=O) groups is 1. The van der Waals surface area contributed by atoms with Crippen molar-refractivity contribution in [3.63, 3.8) is 0 Å². The van der Waals surface area contributed by atoms with Gasteiger partial charge in [0.15, 0.2) is 0 Å². The van der Waals surface area contributed by atoms with Gasteiger partial charge >= 0.3 is 0 Å². The third-order valence-corrected chi connectivity index (χ3v) is 6.25. The highest BCUT2D eigenvalue weighted by Crippen LogP contribution is 2.24. The monoisotopic (exact) mass is 338 g/mol. The number of anilines is 1. The van der Waals surface area contributed by atoms with Gasteiger partial charge in [0, 0.05) is 38.9 Å². The Morgan fingerprint density at radius 3 is 2.57 bits per heavy atom. The molecule has 2 fully saturated rings. The Hall–Kier alpha value is -1.44. The Morgan fingerprint density at radius 2 is 2.00 bits per heavy atom. The second-order valence-electron chi connectivity index (χ2n) is 6.06. The molecular formula is C16H22N2O4S. The molecule has 0 radical (unpaired) electrons. The van der Waals surface area contributed by atoms with Crippen molar-refractivity contribution in [1.29, 1.82) is 0 Å². The fourth-order valence-corrected chi connectivity index (χ4v) is 4.27. The molecule has 2 aliphatic heterocycles. The molecule has 2 heterocycles. The molecule has 1 amide bonds. The highest BCUT2D eigenvalue weighted by atomic mass is 32.2. The van der Waals surface area contributed by atoms with Gasteiger partial charge in [0.25, 0.3) is 0 Å². The molecule has 0 spiro atoms. The summed E-state index contributed by atoms with van der Waals surface area (Å²) in [5.74, 6) is 0.0936. The lowest BCUT2D eigenvalue weighted by Crippen LogP contribution is -2.34. The van der Waals surface area contributed by atoms with Crippen molar-refractivity contribution in [1.82, 2.24) is 4.31 Å². The Labute approximate surface area is 137 Å². The highest BCUT2D eigenvalue weighted by Gasteiger charge is 2.27. The Bertz CT molecular complexity index is 666. The van der Waals surface area contributed by atoms with Crippen LogP contribution in [0.3, 0.4) is 0 Å². The number of ether oxygens (including phenoxy) is 1. The first-order chi connectivity index (χ1) is 11.0. The van der Waals surface area contributed by atoms with Crippen LogP contribution < -0.4 is 4.90 Å². The van der Waals surface area contributed by atoms with Gasteiger partial charge in [-0.1, -0.05) is 0 Å². The van der Waals surface area contributed by atoms with Crippen LogP contribution in [0.1, 0.15) is 25.7 Å². The third kappa shape index (κ3) is 3.41. The molecule has 3 rings (SSSR count). The van der Waals surface area contributed by atoms with E-state index >= 15 is 0 Å². The quantitative estimate of drug-likeness (QED) is 0.818. The smallest absolute Gasteiger partial charge is 0.242 e. The van der Waals surface area contributed by atoms with E-state index in [9.17, 15) is 13.2 Å². The minimum Gasteiger partial charge on any atom is -0.377 e. The van der Waals surface area contributed by atoms with E-state index in [0.29, 0.717) is 26.1 Å². The molecule has 7 heteroatoms. The second-order valence-corrected chi connectivity index (χ2v) is 8.11. The number of amides is 1. The molecule has 1 atom stereocenters. The van der Waals surface area contributed by atoms with Crippen molar-refractivity contribution in [3.05, 3.63) is 24.3 Å². The zero-order valence-corrected chi connectivity index (χ0v) is 14.1. The van der Waals surface area contributed by atoms with Crippen LogP contribution >= 0.6 is 0 Å². The number of carbonyl (C=O) groups excluding carboxylic acids is 1. The average molecular weight is 338 g/mol. The fraction of sp³-hybridized carbons (Fsp3) is 0.562. The maximum atomic E-state index is 12.6. The van der Waals surface area contributed by atoms with Crippen LogP contribution in [-0.4, -0.2) is 51.5 Å². The first-order valence-corrected chi connectivity index (χ1v) is 9.41. The number of hydrogen-bond acceptors (Lipinski definition) is 4. The first-order valence-electron chi connectivity index (χ1n) is 7.97. The van der Waals surface area contributed by atoms with Gasteiger partial charge in [-0.05, 0) is 43.5 Å². The van der Waals surface area contributed by atoms with E-state index in [1.165, 1.54) is 4.31 Å². The molecule has 1 aromatic rings. The van der Waals surface area contributed by atoms with E-state index in [1.54, 1.807) is 36.2 Å². The van der Waals surface area contributed by atoms with Crippen molar-refractivity contribution in [2.24, 2.45) is 0 Å². The topological polar surface area (TPSA) is 66.9 Å². The minimum absolute atomic E-state index is 0.0173. The van der Waals surface area contributed by atoms with Crippen molar-refractivity contribution in [2.45, 2.75) is 36.7 Å². The summed E-state index contributed by atoms with van der Waals surface area (Å²) in [5, 5.41) is 0. The minimum atomic E-state index is -3.53. The van der Waals surface area contributed by atoms with Crippen molar-refractivity contribution in [3.8, 4) is 0 Å². The summed E-state index contributed by atoms with van der Waals surface area (Å²) < 4.78 is 32.1. The second kappa shape index (κ2) is 6.59. The SMILES string of the molecule is CN(CC1CCCO1)S(=O)(=O)c1ccc(N2CCCC2=O)cc1. The molecule has 1 aromatic carbocycles. The molecule has 126 valence electrons. The lowest BCUT2D eigenvalue weighted by molar-refractivity contribution is -0.117. The summed E-state index contributed by atoms with van der Waals surface area (Å²) in [6.07, 6.45) is 3.27. The van der Waals surface area contributed by atoms with Crippen LogP contribution in [0.15, 0.2) is 29.2 Å². The Morgan fingerprint density at radius 1 is 1.26 bits per heavy atom. The van der Waals surface area contributed by atoms with Crippen molar-refractivity contribution >= 4 is 21.6 Å². The van der Waals surface area contributed by atoms with Gasteiger partial charge in [-0.3, -0.25) is 4.79 Å². The van der Waals surface area contributed by atoms with E-state index in [-0.39, 0.29) is 16.9 Å². The van der Waals surface area contributed by atoms with Gasteiger partial charge in [0.2, 0.25) is 15.9 Å². The van der Waals surface area contributed by atoms with Crippen LogP contribution in [0.4, 0.5) is 5.69 Å². The summed E-state index contributed by atoms with van der Waals surface area (Å²) in [6, 6.07) is 6.55. The standard InChI is InChI=1S/C16H22N2O4S/c1-17(12-14-4-3-11-22-14)23(20,21)15-8-6-13(7-9-15)18-10-2-5-16(18)19/h6-9,14H,2-5,10-12H2,1H3. The summed E-state index contributed by atoms with van der Waals surface area (Å²) in [6.45, 7) is 1.77. The van der Waals surface area contributed by atoms with Crippen LogP contribution in [-0.2, 0) is 19.6 Å². The van der Waals surface area contributed by atoms with Crippen LogP contribution in [0.2, 0.25) is 0 Å². The molecule has 0 bridgehead atoms. The molecule has 0 saturated carbocycles. The van der Waals surface area contributed by atoms with E-state index in [2.05, 4.69) is 0 Å². The predicted molar refractivity (Wildman–Crippen MR) is 86.8 cm³/mol. The van der Waals surface area contributed by atoms with Crippen molar-refractivity contribution < 1.29 is 17.9 Å². The fourth-order valence-electron chi connectivity index (χ4n) is 3.07. The lowest BCUT2D eigenvalue weighted by Gasteiger charge is -2.21. The molecule has 2 aliphatic rings. The summed E-state index contributed by atoms with van der Waals surface area (Å²) in [7, 11) is -1.95. The summed E-state index contributed by atoms with van der Waals surface area (Å²) in [5.41, 5.74) is 0.758. The number of benzene rings is 1. The number of likely N-dealkylation sites (N-methyl/N-ethyl adjacent to an activating group) is 1. The largest absolute Gasteiger partial charge is 0.377 e. The van der Waals surface area contributed by atoms with Gasteiger partial charge < -0.3 is 9.64 Å². The van der Waals surface area contributed by atoms with Crippen LogP contribution in [0.5, 0.6) is 0 Å².